The molecule has 172 valence electrons. The van der Waals surface area contributed by atoms with E-state index in [1.165, 1.54) is 11.3 Å². The molecule has 6 heteroatoms. The van der Waals surface area contributed by atoms with Crippen LogP contribution in [0.25, 0.3) is 16.6 Å². The van der Waals surface area contributed by atoms with Gasteiger partial charge in [-0.25, -0.2) is 4.52 Å². The maximum atomic E-state index is 12.3. The van der Waals surface area contributed by atoms with Gasteiger partial charge in [0, 0.05) is 28.9 Å². The molecule has 0 spiro atoms. The van der Waals surface area contributed by atoms with E-state index in [2.05, 4.69) is 54.6 Å². The topological polar surface area (TPSA) is 84.8 Å². The van der Waals surface area contributed by atoms with Crippen LogP contribution in [0.5, 0.6) is 0 Å². The monoisotopic (exact) mass is 451 g/mol. The van der Waals surface area contributed by atoms with E-state index >= 15 is 0 Å². The molecule has 0 radical (unpaired) electrons. The predicted molar refractivity (Wildman–Crippen MR) is 137 cm³/mol. The number of fused-ring (bicyclic) bond motifs is 1. The first kappa shape index (κ1) is 21.9. The number of hydrogen-bond donors (Lipinski definition) is 2. The molecular weight excluding hydrogens is 422 g/mol. The van der Waals surface area contributed by atoms with Gasteiger partial charge in [-0.1, -0.05) is 74.5 Å². The Labute approximate surface area is 199 Å². The fraction of sp³-hybridized carbons (Fsp3) is 0.250. The Hall–Kier alpha value is -3.93. The molecule has 6 nitrogen and oxygen atoms in total. The average Bonchev–Trinajstić information content (AvgIpc) is 3.40. The van der Waals surface area contributed by atoms with Crippen LogP contribution in [0.4, 0.5) is 5.69 Å². The molecule has 0 saturated heterocycles. The minimum Gasteiger partial charge on any atom is -0.379 e. The maximum Gasteiger partial charge on any atom is 0.252 e. The number of aliphatic imine (C=N–C) groups is 1. The summed E-state index contributed by atoms with van der Waals surface area (Å²) in [5.41, 5.74) is 12.1. The van der Waals surface area contributed by atoms with E-state index < -0.39 is 5.91 Å². The van der Waals surface area contributed by atoms with Crippen LogP contribution < -0.4 is 11.1 Å². The molecule has 0 aliphatic heterocycles. The van der Waals surface area contributed by atoms with Gasteiger partial charge in [-0.2, -0.15) is 5.10 Å². The molecule has 1 unspecified atom stereocenters. The van der Waals surface area contributed by atoms with E-state index in [0.29, 0.717) is 12.1 Å². The number of nitrogens with two attached hydrogens (primary N) is 1. The Bertz CT molecular complexity index is 1360. The minimum atomic E-state index is -0.492. The van der Waals surface area contributed by atoms with Crippen LogP contribution in [-0.2, 0) is 6.54 Å². The van der Waals surface area contributed by atoms with Crippen molar-refractivity contribution < 1.29 is 4.79 Å². The van der Waals surface area contributed by atoms with Crippen LogP contribution in [0, 0.1) is 5.41 Å². The number of nitrogens with zero attached hydrogens (tertiary/aromatic N) is 3. The summed E-state index contributed by atoms with van der Waals surface area (Å²) in [5.74, 6) is -0.492. The van der Waals surface area contributed by atoms with Crippen molar-refractivity contribution in [3.63, 3.8) is 0 Å². The third-order valence-corrected chi connectivity index (χ3v) is 6.91. The van der Waals surface area contributed by atoms with Crippen molar-refractivity contribution in [2.24, 2.45) is 16.1 Å². The van der Waals surface area contributed by atoms with E-state index in [-0.39, 0.29) is 11.5 Å². The number of nitrogens with one attached hydrogen (secondary N) is 1. The highest BCUT2D eigenvalue weighted by molar-refractivity contribution is 6.03. The van der Waals surface area contributed by atoms with E-state index in [4.69, 9.17) is 10.7 Å². The quantitative estimate of drug-likeness (QED) is 0.415. The summed E-state index contributed by atoms with van der Waals surface area (Å²) < 4.78 is 1.81. The summed E-state index contributed by atoms with van der Waals surface area (Å²) in [5, 5.41) is 8.12. The number of anilines is 1. The van der Waals surface area contributed by atoms with Crippen LogP contribution in [0.15, 0.2) is 84.1 Å². The second-order valence-electron chi connectivity index (χ2n) is 9.43. The number of hydrogen-bond acceptors (Lipinski definition) is 4. The first-order valence-corrected chi connectivity index (χ1v) is 11.6. The van der Waals surface area contributed by atoms with Gasteiger partial charge >= 0.3 is 0 Å². The number of carbonyl (C=O) groups excluding carboxylic acids is 1. The lowest BCUT2D eigenvalue weighted by molar-refractivity contribution is 0.100. The molecule has 5 rings (SSSR count). The van der Waals surface area contributed by atoms with Crippen LogP contribution in [0.2, 0.25) is 0 Å². The van der Waals surface area contributed by atoms with Crippen molar-refractivity contribution in [1.82, 2.24) is 9.61 Å². The second-order valence-corrected chi connectivity index (χ2v) is 9.43. The molecule has 4 aromatic rings. The van der Waals surface area contributed by atoms with Crippen molar-refractivity contribution in [3.05, 3.63) is 90.3 Å². The number of amides is 1. The van der Waals surface area contributed by atoms with Crippen molar-refractivity contribution in [3.8, 4) is 11.1 Å². The van der Waals surface area contributed by atoms with Gasteiger partial charge in [0.25, 0.3) is 5.91 Å². The molecule has 1 aliphatic carbocycles. The lowest BCUT2D eigenvalue weighted by Crippen LogP contribution is -2.36. The largest absolute Gasteiger partial charge is 0.379 e. The SMILES string of the molecule is CC1(C)/C(=N\Cc2ccccc2)CCC1Nc1c(C(N)=O)cnn2cc(-c3ccccc3)cc12. The highest BCUT2D eigenvalue weighted by atomic mass is 16.1. The average molecular weight is 452 g/mol. The first-order valence-electron chi connectivity index (χ1n) is 11.6. The highest BCUT2D eigenvalue weighted by Gasteiger charge is 2.40. The predicted octanol–water partition coefficient (Wildman–Crippen LogP) is 5.34. The van der Waals surface area contributed by atoms with Crippen LogP contribution >= 0.6 is 0 Å². The Balaban J connectivity index is 1.48. The van der Waals surface area contributed by atoms with Crippen molar-refractivity contribution >= 4 is 22.8 Å². The lowest BCUT2D eigenvalue weighted by atomic mass is 9.85. The Kier molecular flexibility index (Phi) is 5.65. The summed E-state index contributed by atoms with van der Waals surface area (Å²) in [4.78, 5) is 17.3. The molecule has 3 N–H and O–H groups in total. The number of carbonyl (C=O) groups is 1. The van der Waals surface area contributed by atoms with Crippen molar-refractivity contribution in [1.29, 1.82) is 0 Å². The number of benzene rings is 2. The Morgan fingerprint density at radius 2 is 1.82 bits per heavy atom. The summed E-state index contributed by atoms with van der Waals surface area (Å²) in [6.07, 6.45) is 5.38. The fourth-order valence-corrected chi connectivity index (χ4v) is 4.83. The molecule has 2 aromatic carbocycles. The summed E-state index contributed by atoms with van der Waals surface area (Å²) in [6, 6.07) is 22.6. The van der Waals surface area contributed by atoms with E-state index in [1.54, 1.807) is 6.20 Å². The minimum absolute atomic E-state index is 0.112. The van der Waals surface area contributed by atoms with Gasteiger partial charge in [0.2, 0.25) is 0 Å². The van der Waals surface area contributed by atoms with Gasteiger partial charge in [-0.05, 0) is 30.0 Å². The summed E-state index contributed by atoms with van der Waals surface area (Å²) >= 11 is 0. The van der Waals surface area contributed by atoms with Crippen LogP contribution in [0.3, 0.4) is 0 Å². The molecular formula is C28H29N5O. The molecule has 1 amide bonds. The fourth-order valence-electron chi connectivity index (χ4n) is 4.83. The van der Waals surface area contributed by atoms with Gasteiger partial charge in [-0.3, -0.25) is 9.79 Å². The standard InChI is InChI=1S/C28H29N5O/c1-28(2)24(30-16-19-9-5-3-6-10-19)13-14-25(28)32-26-22(27(29)34)17-31-33-18-21(15-23(26)33)20-11-7-4-8-12-20/h3-12,15,17-18,25,32H,13-14,16H2,1-2H3,(H2,29,34)/b30-24-. The third kappa shape index (κ3) is 4.07. The molecule has 0 bridgehead atoms. The van der Waals surface area contributed by atoms with Gasteiger partial charge in [0.1, 0.15) is 0 Å². The normalized spacial score (nSPS) is 18.4. The lowest BCUT2D eigenvalue weighted by Gasteiger charge is -2.30. The Morgan fingerprint density at radius 1 is 1.12 bits per heavy atom. The summed E-state index contributed by atoms with van der Waals surface area (Å²) in [7, 11) is 0. The van der Waals surface area contributed by atoms with Crippen LogP contribution in [-0.4, -0.2) is 27.3 Å². The third-order valence-electron chi connectivity index (χ3n) is 6.91. The van der Waals surface area contributed by atoms with Crippen LogP contribution in [0.1, 0.15) is 42.6 Å². The number of aromatic nitrogens is 2. The van der Waals surface area contributed by atoms with Gasteiger partial charge in [-0.15, -0.1) is 0 Å². The zero-order valence-corrected chi connectivity index (χ0v) is 19.5. The summed E-state index contributed by atoms with van der Waals surface area (Å²) in [6.45, 7) is 5.12. The number of primary amides is 1. The van der Waals surface area contributed by atoms with Crippen molar-refractivity contribution in [2.75, 3.05) is 5.32 Å². The van der Waals surface area contributed by atoms with Crippen molar-refractivity contribution in [2.45, 2.75) is 39.3 Å². The molecule has 1 saturated carbocycles. The molecule has 34 heavy (non-hydrogen) atoms. The zero-order chi connectivity index (χ0) is 23.7. The van der Waals surface area contributed by atoms with E-state index in [1.807, 2.05) is 47.1 Å². The smallest absolute Gasteiger partial charge is 0.252 e. The van der Waals surface area contributed by atoms with E-state index in [9.17, 15) is 4.79 Å². The Morgan fingerprint density at radius 3 is 2.53 bits per heavy atom. The number of rotatable bonds is 6. The first-order chi connectivity index (χ1) is 16.4. The molecule has 2 heterocycles. The van der Waals surface area contributed by atoms with Gasteiger partial charge < -0.3 is 11.1 Å². The zero-order valence-electron chi connectivity index (χ0n) is 19.5. The highest BCUT2D eigenvalue weighted by Crippen LogP contribution is 2.39. The molecule has 2 aromatic heterocycles. The van der Waals surface area contributed by atoms with Gasteiger partial charge in [0.05, 0.1) is 29.5 Å². The van der Waals surface area contributed by atoms with E-state index in [0.717, 1.165) is 35.2 Å². The molecule has 1 atom stereocenters. The maximum absolute atomic E-state index is 12.3. The molecule has 1 fully saturated rings. The van der Waals surface area contributed by atoms with Gasteiger partial charge in [0.15, 0.2) is 0 Å². The molecule has 1 aliphatic rings. The second kappa shape index (κ2) is 8.78.